The fourth-order valence-corrected chi connectivity index (χ4v) is 5.29. The molecule has 1 amide bonds. The SMILES string of the molecule is CCOc1ccc(C2CCCN2C(=O)C2CCS(=O)(=O)C2)cc1. The zero-order valence-corrected chi connectivity index (χ0v) is 14.2. The molecule has 5 nitrogen and oxygen atoms in total. The predicted octanol–water partition coefficient (Wildman–Crippen LogP) is 2.18. The molecule has 1 aromatic rings. The summed E-state index contributed by atoms with van der Waals surface area (Å²) in [5.74, 6) is 0.628. The lowest BCUT2D eigenvalue weighted by atomic mass is 10.0. The van der Waals surface area contributed by atoms with E-state index in [-0.39, 0.29) is 29.4 Å². The van der Waals surface area contributed by atoms with Gasteiger partial charge in [0.05, 0.1) is 30.1 Å². The molecule has 2 aliphatic rings. The van der Waals surface area contributed by atoms with E-state index in [0.29, 0.717) is 19.6 Å². The molecule has 2 saturated heterocycles. The minimum absolute atomic E-state index is 0.00228. The van der Waals surface area contributed by atoms with Crippen LogP contribution in [0.15, 0.2) is 24.3 Å². The highest BCUT2D eigenvalue weighted by Gasteiger charge is 2.39. The number of carbonyl (C=O) groups is 1. The zero-order chi connectivity index (χ0) is 16.4. The molecule has 0 aromatic heterocycles. The van der Waals surface area contributed by atoms with Crippen LogP contribution >= 0.6 is 0 Å². The molecule has 0 N–H and O–H groups in total. The van der Waals surface area contributed by atoms with Gasteiger partial charge in [-0.1, -0.05) is 12.1 Å². The second-order valence-corrected chi connectivity index (χ2v) is 8.52. The molecular weight excluding hydrogens is 314 g/mol. The number of hydrogen-bond donors (Lipinski definition) is 0. The van der Waals surface area contributed by atoms with Gasteiger partial charge in [-0.2, -0.15) is 0 Å². The molecule has 2 unspecified atom stereocenters. The summed E-state index contributed by atoms with van der Waals surface area (Å²) >= 11 is 0. The Morgan fingerprint density at radius 2 is 2.00 bits per heavy atom. The third kappa shape index (κ3) is 3.52. The summed E-state index contributed by atoms with van der Waals surface area (Å²) < 4.78 is 28.7. The Morgan fingerprint density at radius 1 is 1.26 bits per heavy atom. The third-order valence-electron chi connectivity index (χ3n) is 4.69. The molecule has 23 heavy (non-hydrogen) atoms. The average Bonchev–Trinajstić information content (AvgIpc) is 3.14. The van der Waals surface area contributed by atoms with E-state index in [1.165, 1.54) is 0 Å². The Bertz CT molecular complexity index is 668. The van der Waals surface area contributed by atoms with Crippen molar-refractivity contribution >= 4 is 15.7 Å². The maximum Gasteiger partial charge on any atom is 0.227 e. The summed E-state index contributed by atoms with van der Waals surface area (Å²) in [5.41, 5.74) is 1.10. The number of carbonyl (C=O) groups excluding carboxylic acids is 1. The summed E-state index contributed by atoms with van der Waals surface area (Å²) in [6.07, 6.45) is 2.36. The number of rotatable bonds is 4. The van der Waals surface area contributed by atoms with Crippen LogP contribution in [0.2, 0.25) is 0 Å². The highest BCUT2D eigenvalue weighted by Crippen LogP contribution is 2.35. The van der Waals surface area contributed by atoms with Crippen molar-refractivity contribution in [3.05, 3.63) is 29.8 Å². The van der Waals surface area contributed by atoms with Crippen LogP contribution in [0.25, 0.3) is 0 Å². The number of amides is 1. The van der Waals surface area contributed by atoms with Crippen LogP contribution in [-0.4, -0.2) is 43.9 Å². The molecule has 2 aliphatic heterocycles. The van der Waals surface area contributed by atoms with Gasteiger partial charge in [0.2, 0.25) is 5.91 Å². The van der Waals surface area contributed by atoms with Gasteiger partial charge in [-0.25, -0.2) is 8.42 Å². The van der Waals surface area contributed by atoms with E-state index < -0.39 is 9.84 Å². The second-order valence-electron chi connectivity index (χ2n) is 6.29. The third-order valence-corrected chi connectivity index (χ3v) is 6.46. The lowest BCUT2D eigenvalue weighted by Crippen LogP contribution is -2.36. The van der Waals surface area contributed by atoms with Crippen LogP contribution in [0.4, 0.5) is 0 Å². The van der Waals surface area contributed by atoms with Crippen LogP contribution < -0.4 is 4.74 Å². The smallest absolute Gasteiger partial charge is 0.227 e. The highest BCUT2D eigenvalue weighted by molar-refractivity contribution is 7.91. The standard InChI is InChI=1S/C17H23NO4S/c1-2-22-15-7-5-13(6-8-15)16-4-3-10-18(16)17(19)14-9-11-23(20,21)12-14/h5-8,14,16H,2-4,9-12H2,1H3. The van der Waals surface area contributed by atoms with Gasteiger partial charge in [-0.3, -0.25) is 4.79 Å². The van der Waals surface area contributed by atoms with E-state index in [9.17, 15) is 13.2 Å². The molecular formula is C17H23NO4S. The van der Waals surface area contributed by atoms with Crippen molar-refractivity contribution in [1.82, 2.24) is 4.90 Å². The van der Waals surface area contributed by atoms with Crippen molar-refractivity contribution in [3.63, 3.8) is 0 Å². The molecule has 2 heterocycles. The number of sulfone groups is 1. The first-order valence-electron chi connectivity index (χ1n) is 8.24. The maximum atomic E-state index is 12.7. The molecule has 0 aliphatic carbocycles. The van der Waals surface area contributed by atoms with E-state index in [0.717, 1.165) is 24.2 Å². The fraction of sp³-hybridized carbons (Fsp3) is 0.588. The summed E-state index contributed by atoms with van der Waals surface area (Å²) in [5, 5.41) is 0. The van der Waals surface area contributed by atoms with Gasteiger partial charge < -0.3 is 9.64 Å². The number of likely N-dealkylation sites (tertiary alicyclic amines) is 1. The molecule has 2 fully saturated rings. The minimum Gasteiger partial charge on any atom is -0.494 e. The molecule has 3 rings (SSSR count). The molecule has 0 radical (unpaired) electrons. The Balaban J connectivity index is 1.73. The quantitative estimate of drug-likeness (QED) is 0.845. The molecule has 2 atom stereocenters. The van der Waals surface area contributed by atoms with Gasteiger partial charge in [0.15, 0.2) is 9.84 Å². The van der Waals surface area contributed by atoms with Crippen molar-refractivity contribution < 1.29 is 17.9 Å². The normalized spacial score (nSPS) is 26.4. The predicted molar refractivity (Wildman–Crippen MR) is 88.1 cm³/mol. The van der Waals surface area contributed by atoms with Crippen molar-refractivity contribution in [1.29, 1.82) is 0 Å². The molecule has 1 aromatic carbocycles. The van der Waals surface area contributed by atoms with Crippen LogP contribution in [0, 0.1) is 5.92 Å². The first-order valence-corrected chi connectivity index (χ1v) is 10.1. The number of hydrogen-bond acceptors (Lipinski definition) is 4. The van der Waals surface area contributed by atoms with Gasteiger partial charge >= 0.3 is 0 Å². The fourth-order valence-electron chi connectivity index (χ4n) is 3.55. The molecule has 0 spiro atoms. The Hall–Kier alpha value is -1.56. The van der Waals surface area contributed by atoms with Crippen molar-refractivity contribution in [2.45, 2.75) is 32.2 Å². The average molecular weight is 337 g/mol. The topological polar surface area (TPSA) is 63.7 Å². The van der Waals surface area contributed by atoms with Crippen LogP contribution in [0.3, 0.4) is 0 Å². The maximum absolute atomic E-state index is 12.7. The number of ether oxygens (including phenoxy) is 1. The van der Waals surface area contributed by atoms with Crippen LogP contribution in [0.1, 0.15) is 37.8 Å². The van der Waals surface area contributed by atoms with Crippen LogP contribution in [-0.2, 0) is 14.6 Å². The van der Waals surface area contributed by atoms with Gasteiger partial charge in [0.25, 0.3) is 0 Å². The Labute approximate surface area is 137 Å². The van der Waals surface area contributed by atoms with Crippen molar-refractivity contribution in [2.75, 3.05) is 24.7 Å². The monoisotopic (exact) mass is 337 g/mol. The highest BCUT2D eigenvalue weighted by atomic mass is 32.2. The number of benzene rings is 1. The first kappa shape index (κ1) is 16.3. The summed E-state index contributed by atoms with van der Waals surface area (Å²) in [4.78, 5) is 14.6. The summed E-state index contributed by atoms with van der Waals surface area (Å²) in [6, 6.07) is 7.93. The molecule has 126 valence electrons. The lowest BCUT2D eigenvalue weighted by molar-refractivity contribution is -0.135. The van der Waals surface area contributed by atoms with Crippen molar-refractivity contribution in [2.24, 2.45) is 5.92 Å². The van der Waals surface area contributed by atoms with Gasteiger partial charge in [0.1, 0.15) is 5.75 Å². The number of nitrogens with zero attached hydrogens (tertiary/aromatic N) is 1. The summed E-state index contributed by atoms with van der Waals surface area (Å²) in [7, 11) is -3.03. The van der Waals surface area contributed by atoms with Gasteiger partial charge in [-0.05, 0) is 43.9 Å². The lowest BCUT2D eigenvalue weighted by Gasteiger charge is -2.27. The van der Waals surface area contributed by atoms with E-state index in [1.54, 1.807) is 0 Å². The summed E-state index contributed by atoms with van der Waals surface area (Å²) in [6.45, 7) is 3.29. The van der Waals surface area contributed by atoms with Gasteiger partial charge in [0, 0.05) is 6.54 Å². The van der Waals surface area contributed by atoms with Crippen LogP contribution in [0.5, 0.6) is 5.75 Å². The van der Waals surface area contributed by atoms with Gasteiger partial charge in [-0.15, -0.1) is 0 Å². The Morgan fingerprint density at radius 3 is 2.61 bits per heavy atom. The minimum atomic E-state index is -3.03. The van der Waals surface area contributed by atoms with E-state index in [1.807, 2.05) is 36.1 Å². The first-order chi connectivity index (χ1) is 11.0. The molecule has 6 heteroatoms. The van der Waals surface area contributed by atoms with E-state index in [4.69, 9.17) is 4.74 Å². The molecule has 0 saturated carbocycles. The second kappa shape index (κ2) is 6.51. The molecule has 0 bridgehead atoms. The zero-order valence-electron chi connectivity index (χ0n) is 13.4. The van der Waals surface area contributed by atoms with Crippen molar-refractivity contribution in [3.8, 4) is 5.75 Å². The van der Waals surface area contributed by atoms with E-state index >= 15 is 0 Å². The Kier molecular flexibility index (Phi) is 4.62. The largest absolute Gasteiger partial charge is 0.494 e. The van der Waals surface area contributed by atoms with E-state index in [2.05, 4.69) is 0 Å².